The lowest BCUT2D eigenvalue weighted by Gasteiger charge is -2.43. The highest BCUT2D eigenvalue weighted by atomic mass is 15.2. The Morgan fingerprint density at radius 2 is 2.07 bits per heavy atom. The molecule has 1 saturated heterocycles. The van der Waals surface area contributed by atoms with Crippen LogP contribution in [-0.2, 0) is 0 Å². The first-order valence-electron chi connectivity index (χ1n) is 5.90. The third-order valence-corrected chi connectivity index (χ3v) is 3.09. The zero-order valence-electron chi connectivity index (χ0n) is 10.4. The number of rotatable bonds is 3. The smallest absolute Gasteiger partial charge is 0.0252 e. The minimum Gasteiger partial charge on any atom is -0.309 e. The zero-order chi connectivity index (χ0) is 10.8. The molecule has 0 aromatic heterocycles. The van der Waals surface area contributed by atoms with Gasteiger partial charge in [0.1, 0.15) is 0 Å². The van der Waals surface area contributed by atoms with Gasteiger partial charge in [0.25, 0.3) is 0 Å². The predicted molar refractivity (Wildman–Crippen MR) is 62.6 cm³/mol. The first-order valence-corrected chi connectivity index (χ1v) is 5.90. The van der Waals surface area contributed by atoms with Crippen LogP contribution in [0.1, 0.15) is 41.0 Å². The number of nitrogens with one attached hydrogen (secondary N) is 1. The van der Waals surface area contributed by atoms with Crippen molar-refractivity contribution in [3.05, 3.63) is 0 Å². The minimum absolute atomic E-state index is 0.295. The average Bonchev–Trinajstić information content (AvgIpc) is 2.06. The second-order valence-corrected chi connectivity index (χ2v) is 5.77. The van der Waals surface area contributed by atoms with Crippen LogP contribution in [0.25, 0.3) is 0 Å². The van der Waals surface area contributed by atoms with E-state index in [0.717, 1.165) is 12.5 Å². The van der Waals surface area contributed by atoms with Crippen molar-refractivity contribution in [3.63, 3.8) is 0 Å². The summed E-state index contributed by atoms with van der Waals surface area (Å²) in [6.07, 6.45) is 1.32. The Morgan fingerprint density at radius 1 is 1.43 bits per heavy atom. The molecule has 1 aliphatic heterocycles. The summed E-state index contributed by atoms with van der Waals surface area (Å²) in [4.78, 5) is 2.62. The molecule has 0 spiro atoms. The van der Waals surface area contributed by atoms with Gasteiger partial charge in [-0.3, -0.25) is 4.90 Å². The zero-order valence-corrected chi connectivity index (χ0v) is 10.4. The van der Waals surface area contributed by atoms with Crippen LogP contribution in [0.2, 0.25) is 0 Å². The molecule has 1 rings (SSSR count). The number of hydrogen-bond acceptors (Lipinski definition) is 2. The summed E-state index contributed by atoms with van der Waals surface area (Å²) in [5.74, 6) is 0.820. The fraction of sp³-hybridized carbons (Fsp3) is 1.00. The van der Waals surface area contributed by atoms with Crippen LogP contribution in [0.15, 0.2) is 0 Å². The molecular weight excluding hydrogens is 172 g/mol. The van der Waals surface area contributed by atoms with E-state index < -0.39 is 0 Å². The lowest BCUT2D eigenvalue weighted by Crippen LogP contribution is -2.60. The van der Waals surface area contributed by atoms with E-state index in [4.69, 9.17) is 0 Å². The highest BCUT2D eigenvalue weighted by Gasteiger charge is 2.29. The van der Waals surface area contributed by atoms with Crippen molar-refractivity contribution in [1.82, 2.24) is 10.2 Å². The highest BCUT2D eigenvalue weighted by Crippen LogP contribution is 2.16. The molecule has 84 valence electrons. The average molecular weight is 198 g/mol. The predicted octanol–water partition coefficient (Wildman–Crippen LogP) is 2.10. The number of hydrogen-bond donors (Lipinski definition) is 1. The van der Waals surface area contributed by atoms with Gasteiger partial charge in [-0.25, -0.2) is 0 Å². The molecule has 2 heteroatoms. The molecule has 14 heavy (non-hydrogen) atoms. The fourth-order valence-electron chi connectivity index (χ4n) is 2.00. The van der Waals surface area contributed by atoms with Gasteiger partial charge in [-0.1, -0.05) is 13.8 Å². The van der Waals surface area contributed by atoms with E-state index >= 15 is 0 Å². The Balaban J connectivity index is 2.41. The SMILES string of the molecule is CC(C)CCN1CC(C)(C)NCC1C. The molecule has 0 aromatic carbocycles. The monoisotopic (exact) mass is 198 g/mol. The van der Waals surface area contributed by atoms with E-state index in [1.54, 1.807) is 0 Å². The molecule has 1 atom stereocenters. The molecule has 1 unspecified atom stereocenters. The van der Waals surface area contributed by atoms with Gasteiger partial charge < -0.3 is 5.32 Å². The van der Waals surface area contributed by atoms with E-state index in [2.05, 4.69) is 44.8 Å². The van der Waals surface area contributed by atoms with Crippen molar-refractivity contribution in [3.8, 4) is 0 Å². The van der Waals surface area contributed by atoms with Gasteiger partial charge in [0.05, 0.1) is 0 Å². The summed E-state index contributed by atoms with van der Waals surface area (Å²) in [7, 11) is 0. The molecule has 0 saturated carbocycles. The normalized spacial score (nSPS) is 28.3. The van der Waals surface area contributed by atoms with Crippen LogP contribution in [-0.4, -0.2) is 36.1 Å². The van der Waals surface area contributed by atoms with Crippen LogP contribution in [0.4, 0.5) is 0 Å². The topological polar surface area (TPSA) is 15.3 Å². The standard InChI is InChI=1S/C12H26N2/c1-10(2)6-7-14-9-12(4,5)13-8-11(14)3/h10-11,13H,6-9H2,1-5H3. The third-order valence-electron chi connectivity index (χ3n) is 3.09. The van der Waals surface area contributed by atoms with Crippen LogP contribution in [0.3, 0.4) is 0 Å². The molecule has 0 bridgehead atoms. The molecule has 0 aromatic rings. The maximum absolute atomic E-state index is 3.58. The lowest BCUT2D eigenvalue weighted by atomic mass is 9.98. The van der Waals surface area contributed by atoms with Gasteiger partial charge in [0.15, 0.2) is 0 Å². The first-order chi connectivity index (χ1) is 6.41. The molecule has 1 fully saturated rings. The lowest BCUT2D eigenvalue weighted by molar-refractivity contribution is 0.0998. The Bertz CT molecular complexity index is 175. The number of piperazine rings is 1. The summed E-state index contributed by atoms with van der Waals surface area (Å²) in [6.45, 7) is 15.1. The molecule has 1 aliphatic rings. The van der Waals surface area contributed by atoms with Crippen LogP contribution in [0, 0.1) is 5.92 Å². The molecule has 0 aliphatic carbocycles. The van der Waals surface area contributed by atoms with E-state index in [1.165, 1.54) is 19.5 Å². The maximum Gasteiger partial charge on any atom is 0.0252 e. The third kappa shape index (κ3) is 3.58. The van der Waals surface area contributed by atoms with E-state index in [1.807, 2.05) is 0 Å². The quantitative estimate of drug-likeness (QED) is 0.747. The summed E-state index contributed by atoms with van der Waals surface area (Å²) in [5, 5.41) is 3.58. The minimum atomic E-state index is 0.295. The van der Waals surface area contributed by atoms with Crippen molar-refractivity contribution in [2.24, 2.45) is 5.92 Å². The van der Waals surface area contributed by atoms with Gasteiger partial charge in [-0.05, 0) is 39.7 Å². The van der Waals surface area contributed by atoms with Crippen molar-refractivity contribution < 1.29 is 0 Å². The van der Waals surface area contributed by atoms with Gasteiger partial charge in [0, 0.05) is 24.7 Å². The van der Waals surface area contributed by atoms with Crippen molar-refractivity contribution >= 4 is 0 Å². The van der Waals surface area contributed by atoms with Crippen molar-refractivity contribution in [2.75, 3.05) is 19.6 Å². The summed E-state index contributed by atoms with van der Waals surface area (Å²) >= 11 is 0. The molecule has 0 amide bonds. The van der Waals surface area contributed by atoms with Gasteiger partial charge >= 0.3 is 0 Å². The summed E-state index contributed by atoms with van der Waals surface area (Å²) < 4.78 is 0. The Hall–Kier alpha value is -0.0800. The van der Waals surface area contributed by atoms with Crippen LogP contribution < -0.4 is 5.32 Å². The molecule has 0 radical (unpaired) electrons. The molecule has 2 nitrogen and oxygen atoms in total. The van der Waals surface area contributed by atoms with Crippen LogP contribution >= 0.6 is 0 Å². The Labute approximate surface area is 89.1 Å². The van der Waals surface area contributed by atoms with E-state index in [0.29, 0.717) is 11.6 Å². The highest BCUT2D eigenvalue weighted by molar-refractivity contribution is 4.90. The van der Waals surface area contributed by atoms with Gasteiger partial charge in [-0.2, -0.15) is 0 Å². The van der Waals surface area contributed by atoms with Crippen molar-refractivity contribution in [1.29, 1.82) is 0 Å². The second-order valence-electron chi connectivity index (χ2n) is 5.77. The summed E-state index contributed by atoms with van der Waals surface area (Å²) in [5.41, 5.74) is 0.295. The molecule has 1 heterocycles. The second kappa shape index (κ2) is 4.63. The first kappa shape index (κ1) is 12.0. The van der Waals surface area contributed by atoms with Crippen molar-refractivity contribution in [2.45, 2.75) is 52.6 Å². The maximum atomic E-state index is 3.58. The Kier molecular flexibility index (Phi) is 3.96. The molecular formula is C12H26N2. The van der Waals surface area contributed by atoms with E-state index in [9.17, 15) is 0 Å². The van der Waals surface area contributed by atoms with Gasteiger partial charge in [0.2, 0.25) is 0 Å². The Morgan fingerprint density at radius 3 is 2.64 bits per heavy atom. The van der Waals surface area contributed by atoms with E-state index in [-0.39, 0.29) is 0 Å². The molecule has 1 N–H and O–H groups in total. The van der Waals surface area contributed by atoms with Gasteiger partial charge in [-0.15, -0.1) is 0 Å². The number of nitrogens with zero attached hydrogens (tertiary/aromatic N) is 1. The largest absolute Gasteiger partial charge is 0.309 e. The summed E-state index contributed by atoms with van der Waals surface area (Å²) in [6, 6.07) is 0.696. The van der Waals surface area contributed by atoms with Crippen LogP contribution in [0.5, 0.6) is 0 Å². The fourth-order valence-corrected chi connectivity index (χ4v) is 2.00.